The first-order chi connectivity index (χ1) is 9.58. The molecule has 1 aromatic carbocycles. The summed E-state index contributed by atoms with van der Waals surface area (Å²) in [6, 6.07) is 7.48. The Morgan fingerprint density at radius 3 is 2.75 bits per heavy atom. The SMILES string of the molecule is N#CCN1CCC(NC(=O)c2cc(Cl)cc(Br)c2)CC1. The summed E-state index contributed by atoms with van der Waals surface area (Å²) in [5.41, 5.74) is 0.559. The van der Waals surface area contributed by atoms with Gasteiger partial charge in [0.2, 0.25) is 0 Å². The Morgan fingerprint density at radius 1 is 1.45 bits per heavy atom. The topological polar surface area (TPSA) is 56.1 Å². The molecule has 106 valence electrons. The zero-order valence-corrected chi connectivity index (χ0v) is 13.2. The van der Waals surface area contributed by atoms with Crippen LogP contribution in [0.2, 0.25) is 5.02 Å². The molecule has 1 heterocycles. The highest BCUT2D eigenvalue weighted by Gasteiger charge is 2.21. The molecule has 2 rings (SSSR count). The minimum Gasteiger partial charge on any atom is -0.349 e. The summed E-state index contributed by atoms with van der Waals surface area (Å²) in [6.07, 6.45) is 1.74. The number of likely N-dealkylation sites (tertiary alicyclic amines) is 1. The Kier molecular flexibility index (Phi) is 5.41. The Labute approximate surface area is 131 Å². The number of hydrogen-bond donors (Lipinski definition) is 1. The lowest BCUT2D eigenvalue weighted by Gasteiger charge is -2.30. The van der Waals surface area contributed by atoms with Crippen LogP contribution >= 0.6 is 27.5 Å². The number of nitriles is 1. The maximum atomic E-state index is 12.2. The van der Waals surface area contributed by atoms with E-state index in [2.05, 4.69) is 32.2 Å². The molecule has 1 aromatic rings. The highest BCUT2D eigenvalue weighted by atomic mass is 79.9. The van der Waals surface area contributed by atoms with Gasteiger partial charge in [0, 0.05) is 34.2 Å². The predicted octanol–water partition coefficient (Wildman–Crippen LogP) is 2.82. The number of rotatable bonds is 3. The third-order valence-corrected chi connectivity index (χ3v) is 4.02. The molecule has 0 aromatic heterocycles. The lowest BCUT2D eigenvalue weighted by atomic mass is 10.0. The fraction of sp³-hybridized carbons (Fsp3) is 0.429. The van der Waals surface area contributed by atoms with E-state index in [1.165, 1.54) is 0 Å². The first-order valence-corrected chi connectivity index (χ1v) is 7.62. The van der Waals surface area contributed by atoms with Crippen LogP contribution in [-0.2, 0) is 0 Å². The van der Waals surface area contributed by atoms with Crippen LogP contribution in [0.4, 0.5) is 0 Å². The summed E-state index contributed by atoms with van der Waals surface area (Å²) >= 11 is 9.27. The predicted molar refractivity (Wildman–Crippen MR) is 81.7 cm³/mol. The summed E-state index contributed by atoms with van der Waals surface area (Å²) in [7, 11) is 0. The number of nitrogens with zero attached hydrogens (tertiary/aromatic N) is 2. The number of hydrogen-bond acceptors (Lipinski definition) is 3. The molecule has 1 aliphatic heterocycles. The fourth-order valence-corrected chi connectivity index (χ4v) is 3.15. The van der Waals surface area contributed by atoms with Crippen LogP contribution in [0.15, 0.2) is 22.7 Å². The molecule has 0 spiro atoms. The highest BCUT2D eigenvalue weighted by Crippen LogP contribution is 2.20. The molecule has 0 unspecified atom stereocenters. The average molecular weight is 357 g/mol. The molecule has 1 aliphatic rings. The zero-order chi connectivity index (χ0) is 14.5. The van der Waals surface area contributed by atoms with E-state index in [0.717, 1.165) is 30.4 Å². The Bertz CT molecular complexity index is 515. The molecule has 1 fully saturated rings. The Hall–Kier alpha value is -1.09. The Balaban J connectivity index is 1.91. The number of carbonyl (C=O) groups excluding carboxylic acids is 1. The van der Waals surface area contributed by atoms with Gasteiger partial charge in [-0.15, -0.1) is 0 Å². The summed E-state index contributed by atoms with van der Waals surface area (Å²) in [5.74, 6) is -0.105. The molecular formula is C14H15BrClN3O. The van der Waals surface area contributed by atoms with E-state index < -0.39 is 0 Å². The van der Waals surface area contributed by atoms with E-state index in [1.54, 1.807) is 18.2 Å². The van der Waals surface area contributed by atoms with Crippen LogP contribution in [0.25, 0.3) is 0 Å². The summed E-state index contributed by atoms with van der Waals surface area (Å²) in [6.45, 7) is 2.15. The first kappa shape index (κ1) is 15.3. The summed E-state index contributed by atoms with van der Waals surface area (Å²) < 4.78 is 0.791. The maximum Gasteiger partial charge on any atom is 0.251 e. The molecule has 6 heteroatoms. The fourth-order valence-electron chi connectivity index (χ4n) is 2.29. The lowest BCUT2D eigenvalue weighted by Crippen LogP contribution is -2.44. The van der Waals surface area contributed by atoms with Crippen molar-refractivity contribution in [3.05, 3.63) is 33.3 Å². The Morgan fingerprint density at radius 2 is 2.15 bits per heavy atom. The zero-order valence-electron chi connectivity index (χ0n) is 10.9. The van der Waals surface area contributed by atoms with Crippen LogP contribution in [-0.4, -0.2) is 36.5 Å². The molecule has 0 bridgehead atoms. The van der Waals surface area contributed by atoms with E-state index in [0.29, 0.717) is 17.1 Å². The van der Waals surface area contributed by atoms with Crippen LogP contribution in [0.5, 0.6) is 0 Å². The molecular weight excluding hydrogens is 342 g/mol. The van der Waals surface area contributed by atoms with Crippen molar-refractivity contribution in [3.63, 3.8) is 0 Å². The third-order valence-electron chi connectivity index (χ3n) is 3.34. The van der Waals surface area contributed by atoms with Gasteiger partial charge in [-0.25, -0.2) is 0 Å². The molecule has 4 nitrogen and oxygen atoms in total. The van der Waals surface area contributed by atoms with Crippen LogP contribution in [0.3, 0.4) is 0 Å². The highest BCUT2D eigenvalue weighted by molar-refractivity contribution is 9.10. The van der Waals surface area contributed by atoms with E-state index in [1.807, 2.05) is 0 Å². The van der Waals surface area contributed by atoms with Crippen molar-refractivity contribution in [1.29, 1.82) is 5.26 Å². The average Bonchev–Trinajstić information content (AvgIpc) is 2.40. The van der Waals surface area contributed by atoms with Crippen molar-refractivity contribution in [2.45, 2.75) is 18.9 Å². The van der Waals surface area contributed by atoms with Gasteiger partial charge < -0.3 is 5.32 Å². The molecule has 0 atom stereocenters. The van der Waals surface area contributed by atoms with Gasteiger partial charge in [-0.1, -0.05) is 27.5 Å². The van der Waals surface area contributed by atoms with Gasteiger partial charge in [0.05, 0.1) is 12.6 Å². The minimum absolute atomic E-state index is 0.105. The molecule has 20 heavy (non-hydrogen) atoms. The monoisotopic (exact) mass is 355 g/mol. The van der Waals surface area contributed by atoms with Gasteiger partial charge in [-0.2, -0.15) is 5.26 Å². The van der Waals surface area contributed by atoms with E-state index in [4.69, 9.17) is 16.9 Å². The number of benzene rings is 1. The second-order valence-electron chi connectivity index (χ2n) is 4.84. The van der Waals surface area contributed by atoms with Crippen molar-refractivity contribution in [3.8, 4) is 6.07 Å². The van der Waals surface area contributed by atoms with Crippen molar-refractivity contribution in [2.75, 3.05) is 19.6 Å². The van der Waals surface area contributed by atoms with E-state index >= 15 is 0 Å². The van der Waals surface area contributed by atoms with Crippen molar-refractivity contribution in [2.24, 2.45) is 0 Å². The number of carbonyl (C=O) groups is 1. The second-order valence-corrected chi connectivity index (χ2v) is 6.19. The maximum absolute atomic E-state index is 12.2. The first-order valence-electron chi connectivity index (χ1n) is 6.45. The van der Waals surface area contributed by atoms with Gasteiger partial charge in [0.1, 0.15) is 0 Å². The number of nitrogens with one attached hydrogen (secondary N) is 1. The molecule has 0 radical (unpaired) electrons. The number of halogens is 2. The van der Waals surface area contributed by atoms with Gasteiger partial charge >= 0.3 is 0 Å². The van der Waals surface area contributed by atoms with E-state index in [9.17, 15) is 4.79 Å². The molecule has 0 saturated carbocycles. The molecule has 1 amide bonds. The number of amides is 1. The third kappa shape index (κ3) is 4.20. The minimum atomic E-state index is -0.105. The van der Waals surface area contributed by atoms with Gasteiger partial charge in [-0.05, 0) is 31.0 Å². The van der Waals surface area contributed by atoms with Gasteiger partial charge in [0.15, 0.2) is 0 Å². The van der Waals surface area contributed by atoms with Crippen LogP contribution in [0, 0.1) is 11.3 Å². The lowest BCUT2D eigenvalue weighted by molar-refractivity contribution is 0.0914. The standard InChI is InChI=1S/C14H15BrClN3O/c15-11-7-10(8-12(16)9-11)14(20)18-13-1-4-19(5-2-13)6-3-17/h7-9,13H,1-2,4-6H2,(H,18,20). The van der Waals surface area contributed by atoms with Gasteiger partial charge in [-0.3, -0.25) is 9.69 Å². The largest absolute Gasteiger partial charge is 0.349 e. The van der Waals surface area contributed by atoms with Crippen molar-refractivity contribution in [1.82, 2.24) is 10.2 Å². The van der Waals surface area contributed by atoms with Crippen molar-refractivity contribution < 1.29 is 4.79 Å². The smallest absolute Gasteiger partial charge is 0.251 e. The second kappa shape index (κ2) is 7.07. The van der Waals surface area contributed by atoms with Crippen LogP contribution in [0.1, 0.15) is 23.2 Å². The normalized spacial score (nSPS) is 16.6. The quantitative estimate of drug-likeness (QED) is 0.847. The number of piperidine rings is 1. The molecule has 0 aliphatic carbocycles. The van der Waals surface area contributed by atoms with Gasteiger partial charge in [0.25, 0.3) is 5.91 Å². The van der Waals surface area contributed by atoms with Crippen LogP contribution < -0.4 is 5.32 Å². The molecule has 1 N–H and O–H groups in total. The van der Waals surface area contributed by atoms with E-state index in [-0.39, 0.29) is 11.9 Å². The summed E-state index contributed by atoms with van der Waals surface area (Å²) in [4.78, 5) is 14.3. The van der Waals surface area contributed by atoms with Crippen molar-refractivity contribution >= 4 is 33.4 Å². The summed E-state index contributed by atoms with van der Waals surface area (Å²) in [5, 5.41) is 12.2. The molecule has 1 saturated heterocycles.